The van der Waals surface area contributed by atoms with Crippen molar-refractivity contribution < 1.29 is 5.11 Å². The lowest BCUT2D eigenvalue weighted by atomic mass is 10.5. The molecule has 0 fully saturated rings. The van der Waals surface area contributed by atoms with E-state index in [1.54, 1.807) is 0 Å². The Hall–Kier alpha value is 0.177. The Kier molecular flexibility index (Phi) is 2.70. The summed E-state index contributed by atoms with van der Waals surface area (Å²) in [5, 5.41) is 9.26. The zero-order chi connectivity index (χ0) is 6.78. The van der Waals surface area contributed by atoms with Crippen molar-refractivity contribution in [1.29, 1.82) is 0 Å². The average Bonchev–Trinajstić information content (AvgIpc) is 1.62. The van der Waals surface area contributed by atoms with Crippen molar-refractivity contribution in [1.82, 2.24) is 0 Å². The van der Waals surface area contributed by atoms with E-state index >= 15 is 0 Å². The van der Waals surface area contributed by atoms with Crippen molar-refractivity contribution in [3.05, 3.63) is 0 Å². The fraction of sp³-hybridized carbons (Fsp3) is 1.00. The van der Waals surface area contributed by atoms with Gasteiger partial charge in [0.05, 0.1) is 8.07 Å². The second-order valence-corrected chi connectivity index (χ2v) is 8.69. The van der Waals surface area contributed by atoms with Gasteiger partial charge in [-0.3, -0.25) is 0 Å². The highest BCUT2D eigenvalue weighted by atomic mass is 28.3. The largest absolute Gasteiger partial charge is 0.397 e. The molecule has 0 amide bonds. The number of rotatable bonds is 2. The fourth-order valence-electron chi connectivity index (χ4n) is 0.612. The van der Waals surface area contributed by atoms with Crippen molar-refractivity contribution >= 4 is 8.07 Å². The van der Waals surface area contributed by atoms with Crippen LogP contribution in [0.2, 0.25) is 19.6 Å². The molecule has 0 saturated heterocycles. The van der Waals surface area contributed by atoms with Crippen LogP contribution in [0.1, 0.15) is 13.3 Å². The summed E-state index contributed by atoms with van der Waals surface area (Å²) in [6.07, 6.45) is 0.912. The van der Waals surface area contributed by atoms with Crippen molar-refractivity contribution in [3.63, 3.8) is 0 Å². The Labute approximate surface area is 52.7 Å². The molecule has 2 heteroatoms. The van der Waals surface area contributed by atoms with E-state index in [1.807, 2.05) is 6.92 Å². The third kappa shape index (κ3) is 2.48. The molecular formula is C6H16OSi. The van der Waals surface area contributed by atoms with E-state index < -0.39 is 8.07 Å². The number of hydrogen-bond acceptors (Lipinski definition) is 1. The van der Waals surface area contributed by atoms with E-state index in [0.29, 0.717) is 0 Å². The van der Waals surface area contributed by atoms with E-state index in [9.17, 15) is 5.11 Å². The number of aliphatic hydroxyl groups is 1. The van der Waals surface area contributed by atoms with Crippen LogP contribution in [-0.4, -0.2) is 18.9 Å². The summed E-state index contributed by atoms with van der Waals surface area (Å²) < 4.78 is 0. The highest BCUT2D eigenvalue weighted by molar-refractivity contribution is 6.77. The minimum atomic E-state index is -1.21. The molecule has 0 aliphatic heterocycles. The normalized spacial score (nSPS) is 16.1. The van der Waals surface area contributed by atoms with Crippen LogP contribution in [0.15, 0.2) is 0 Å². The molecule has 0 rings (SSSR count). The molecular weight excluding hydrogens is 116 g/mol. The molecule has 0 heterocycles. The smallest absolute Gasteiger partial charge is 0.0781 e. The highest BCUT2D eigenvalue weighted by Crippen LogP contribution is 2.09. The zero-order valence-corrected chi connectivity index (χ0v) is 7.23. The van der Waals surface area contributed by atoms with Crippen LogP contribution in [0.5, 0.6) is 0 Å². The van der Waals surface area contributed by atoms with Crippen LogP contribution in [0.3, 0.4) is 0 Å². The first-order chi connectivity index (χ1) is 3.48. The van der Waals surface area contributed by atoms with Gasteiger partial charge >= 0.3 is 0 Å². The summed E-state index contributed by atoms with van der Waals surface area (Å²) in [7, 11) is -1.21. The molecule has 1 N–H and O–H groups in total. The summed E-state index contributed by atoms with van der Waals surface area (Å²) in [5.41, 5.74) is -0.0116. The van der Waals surface area contributed by atoms with Gasteiger partial charge in [-0.15, -0.1) is 0 Å². The van der Waals surface area contributed by atoms with Gasteiger partial charge in [0.25, 0.3) is 0 Å². The second-order valence-electron chi connectivity index (χ2n) is 3.29. The molecule has 1 atom stereocenters. The van der Waals surface area contributed by atoms with E-state index in [0.717, 1.165) is 6.42 Å². The zero-order valence-electron chi connectivity index (χ0n) is 6.23. The van der Waals surface area contributed by atoms with Gasteiger partial charge < -0.3 is 5.11 Å². The second kappa shape index (κ2) is 2.64. The third-order valence-electron chi connectivity index (χ3n) is 1.39. The highest BCUT2D eigenvalue weighted by Gasteiger charge is 2.21. The number of hydrogen-bond donors (Lipinski definition) is 1. The maximum atomic E-state index is 9.26. The first-order valence-corrected chi connectivity index (χ1v) is 6.74. The summed E-state index contributed by atoms with van der Waals surface area (Å²) in [5.74, 6) is 0. The molecule has 0 aliphatic carbocycles. The maximum Gasteiger partial charge on any atom is 0.0781 e. The quantitative estimate of drug-likeness (QED) is 0.566. The first-order valence-electron chi connectivity index (χ1n) is 3.16. The van der Waals surface area contributed by atoms with E-state index in [-0.39, 0.29) is 5.73 Å². The Morgan fingerprint density at radius 3 is 1.75 bits per heavy atom. The molecule has 0 saturated carbocycles. The molecule has 0 aliphatic rings. The van der Waals surface area contributed by atoms with Gasteiger partial charge in [-0.2, -0.15) is 0 Å². The summed E-state index contributed by atoms with van der Waals surface area (Å²) in [6, 6.07) is 0. The monoisotopic (exact) mass is 132 g/mol. The van der Waals surface area contributed by atoms with Gasteiger partial charge in [-0.05, 0) is 6.42 Å². The van der Waals surface area contributed by atoms with Crippen molar-refractivity contribution in [3.8, 4) is 0 Å². The van der Waals surface area contributed by atoms with Gasteiger partial charge in [0.2, 0.25) is 0 Å². The van der Waals surface area contributed by atoms with Crippen LogP contribution in [-0.2, 0) is 0 Å². The third-order valence-corrected chi connectivity index (χ3v) is 3.79. The molecule has 0 aromatic rings. The van der Waals surface area contributed by atoms with E-state index in [2.05, 4.69) is 19.6 Å². The minimum absolute atomic E-state index is 0.0116. The van der Waals surface area contributed by atoms with E-state index in [1.165, 1.54) is 0 Å². The van der Waals surface area contributed by atoms with Gasteiger partial charge in [-0.25, -0.2) is 0 Å². The first kappa shape index (κ1) is 8.18. The number of aliphatic hydroxyl groups excluding tert-OH is 1. The molecule has 0 unspecified atom stereocenters. The fourth-order valence-corrected chi connectivity index (χ4v) is 1.84. The van der Waals surface area contributed by atoms with Crippen molar-refractivity contribution in [2.45, 2.75) is 38.7 Å². The Morgan fingerprint density at radius 1 is 1.38 bits per heavy atom. The van der Waals surface area contributed by atoms with Crippen LogP contribution in [0.25, 0.3) is 0 Å². The minimum Gasteiger partial charge on any atom is -0.397 e. The lowest BCUT2D eigenvalue weighted by molar-refractivity contribution is 0.240. The van der Waals surface area contributed by atoms with Crippen LogP contribution in [0.4, 0.5) is 0 Å². The van der Waals surface area contributed by atoms with Crippen LogP contribution >= 0.6 is 0 Å². The van der Waals surface area contributed by atoms with Crippen molar-refractivity contribution in [2.75, 3.05) is 0 Å². The Bertz CT molecular complexity index is 65.4. The van der Waals surface area contributed by atoms with E-state index in [4.69, 9.17) is 0 Å². The molecule has 0 aromatic carbocycles. The van der Waals surface area contributed by atoms with Gasteiger partial charge in [0, 0.05) is 5.73 Å². The van der Waals surface area contributed by atoms with Crippen LogP contribution < -0.4 is 0 Å². The molecule has 0 radical (unpaired) electrons. The predicted octanol–water partition coefficient (Wildman–Crippen LogP) is 1.63. The van der Waals surface area contributed by atoms with Gasteiger partial charge in [0.1, 0.15) is 0 Å². The van der Waals surface area contributed by atoms with Crippen molar-refractivity contribution in [2.24, 2.45) is 0 Å². The molecule has 0 bridgehead atoms. The molecule has 1 nitrogen and oxygen atoms in total. The average molecular weight is 132 g/mol. The molecule has 50 valence electrons. The van der Waals surface area contributed by atoms with Crippen LogP contribution in [0, 0.1) is 0 Å². The topological polar surface area (TPSA) is 20.2 Å². The summed E-state index contributed by atoms with van der Waals surface area (Å²) in [6.45, 7) is 8.58. The summed E-state index contributed by atoms with van der Waals surface area (Å²) in [4.78, 5) is 0. The Morgan fingerprint density at radius 2 is 1.75 bits per heavy atom. The maximum absolute atomic E-state index is 9.26. The SMILES string of the molecule is CC[C@H](O)[Si](C)(C)C. The predicted molar refractivity (Wildman–Crippen MR) is 39.6 cm³/mol. The van der Waals surface area contributed by atoms with Gasteiger partial charge in [-0.1, -0.05) is 26.6 Å². The standard InChI is InChI=1S/C6H16OSi/c1-5-6(7)8(2,3)4/h6-7H,5H2,1-4H3/t6-/m1/s1. The lowest BCUT2D eigenvalue weighted by Crippen LogP contribution is -2.37. The summed E-state index contributed by atoms with van der Waals surface area (Å²) >= 11 is 0. The Balaban J connectivity index is 3.62. The molecule has 8 heavy (non-hydrogen) atoms. The molecule has 0 aromatic heterocycles. The molecule has 0 spiro atoms. The van der Waals surface area contributed by atoms with Gasteiger partial charge in [0.15, 0.2) is 0 Å². The lowest BCUT2D eigenvalue weighted by Gasteiger charge is -2.21.